The molecule has 0 saturated carbocycles. The molecule has 2 aliphatic heterocycles. The van der Waals surface area contributed by atoms with Crippen molar-refractivity contribution in [1.82, 2.24) is 4.31 Å². The van der Waals surface area contributed by atoms with Crippen molar-refractivity contribution in [3.8, 4) is 0 Å². The first-order chi connectivity index (χ1) is 36.7. The van der Waals surface area contributed by atoms with Gasteiger partial charge in [-0.25, -0.2) is 12.7 Å². The highest BCUT2D eigenvalue weighted by Gasteiger charge is 2.50. The SMILES string of the molecule is CN(CCCC(=O)O)S(=O)(=O)c1ccc2c(c1)C(C)(C)C(/C=C/C1=CC(=C/C=C3/N(CCCS(=O)(=O)O)c4ccc(S(=O)(=O)O)cc4C3(C)C)/CC(C(=O)c3ccc(I)cc3)(C(=O)c3ccc(I)cc3)C1)=[N+]2CCCS(=O)(=O)O. The smallest absolute Gasteiger partial charge is 0.303 e. The van der Waals surface area contributed by atoms with Crippen LogP contribution in [-0.2, 0) is 56.0 Å². The van der Waals surface area contributed by atoms with Crippen LogP contribution in [0, 0.1) is 12.6 Å². The van der Waals surface area contributed by atoms with Gasteiger partial charge in [-0.15, -0.1) is 0 Å². The van der Waals surface area contributed by atoms with Gasteiger partial charge in [0.1, 0.15) is 12.0 Å². The number of fused-ring (bicyclic) bond motifs is 2. The second-order valence-corrected chi connectivity index (χ2v) is 29.9. The van der Waals surface area contributed by atoms with Crippen LogP contribution < -0.4 is 4.90 Å². The van der Waals surface area contributed by atoms with E-state index in [1.54, 1.807) is 83.8 Å². The summed E-state index contributed by atoms with van der Waals surface area (Å²) in [6.07, 6.45) is 8.44. The molecule has 0 unspecified atom stereocenters. The molecule has 4 aromatic carbocycles. The number of hydrogen-bond donors (Lipinski definition) is 4. The zero-order valence-electron chi connectivity index (χ0n) is 43.8. The van der Waals surface area contributed by atoms with Crippen molar-refractivity contribution in [2.75, 3.05) is 43.1 Å². The number of carbonyl (C=O) groups excluding carboxylic acids is 2. The van der Waals surface area contributed by atoms with Gasteiger partial charge in [0.05, 0.1) is 26.7 Å². The number of halogens is 2. The highest BCUT2D eigenvalue weighted by molar-refractivity contribution is 14.1. The molecule has 4 N–H and O–H groups in total. The van der Waals surface area contributed by atoms with Crippen LogP contribution >= 0.6 is 45.2 Å². The molecule has 79 heavy (non-hydrogen) atoms. The lowest BCUT2D eigenvalue weighted by Crippen LogP contribution is -2.42. The first kappa shape index (κ1) is 61.8. The lowest BCUT2D eigenvalue weighted by atomic mass is 9.64. The Bertz CT molecular complexity index is 3700. The van der Waals surface area contributed by atoms with E-state index in [-0.39, 0.29) is 79.1 Å². The summed E-state index contributed by atoms with van der Waals surface area (Å²) >= 11 is 4.25. The number of carboxylic acids is 1. The summed E-state index contributed by atoms with van der Waals surface area (Å²) in [5.41, 5.74) is 1.07. The van der Waals surface area contributed by atoms with Gasteiger partial charge in [-0.3, -0.25) is 28.0 Å². The highest BCUT2D eigenvalue weighted by atomic mass is 127. The highest BCUT2D eigenvalue weighted by Crippen LogP contribution is 2.50. The number of allylic oxidation sites excluding steroid dienone is 8. The summed E-state index contributed by atoms with van der Waals surface area (Å²) in [7, 11) is -16.2. The van der Waals surface area contributed by atoms with Crippen molar-refractivity contribution >= 4 is 120 Å². The zero-order valence-corrected chi connectivity index (χ0v) is 51.3. The third-order valence-corrected chi connectivity index (χ3v) is 20.3. The van der Waals surface area contributed by atoms with Crippen molar-refractivity contribution in [2.24, 2.45) is 5.41 Å². The Morgan fingerprint density at radius 2 is 1.24 bits per heavy atom. The van der Waals surface area contributed by atoms with Crippen molar-refractivity contribution in [1.29, 1.82) is 0 Å². The number of sulfonamides is 1. The van der Waals surface area contributed by atoms with E-state index in [9.17, 15) is 52.1 Å². The predicted octanol–water partition coefficient (Wildman–Crippen LogP) is 9.20. The van der Waals surface area contributed by atoms with Gasteiger partial charge in [0.2, 0.25) is 15.7 Å². The number of hydrogen-bond acceptors (Lipinski definition) is 12. The Hall–Kier alpha value is -4.78. The van der Waals surface area contributed by atoms with E-state index in [1.165, 1.54) is 37.4 Å². The number of carbonyl (C=O) groups is 3. The molecule has 0 fully saturated rings. The first-order valence-corrected chi connectivity index (χ1v) is 33.1. The molecule has 4 aromatic rings. The standard InChI is InChI=1S/C55H59I2N3O15S4/c1-53(2)44-32-42(78(71,72)58(5)26-6-9-50(61)62)20-22-46(44)59(27-7-29-76(65,66)67)48(53)24-10-36-31-37(35-55(34-36,51(63)38-12-16-40(56)17-13-38)52(64)39-14-18-41(57)19-15-39)11-25-49-54(3,4)45-33-43(79(73,74)75)21-23-47(45)60(49)28-8-30-77(68,69)70/h10-25,31-33H,6-9,26-30,34-35H2,1-5H3,(H3-,61,62,65,66,67,68,69,70,73,74,75)/p+1. The summed E-state index contributed by atoms with van der Waals surface area (Å²) in [5.74, 6) is -3.14. The molecule has 0 spiro atoms. The number of carboxylic acid groups (broad SMARTS) is 1. The molecule has 0 saturated heterocycles. The maximum atomic E-state index is 15.5. The maximum Gasteiger partial charge on any atom is 0.303 e. The van der Waals surface area contributed by atoms with Crippen LogP contribution in [0.2, 0.25) is 0 Å². The Morgan fingerprint density at radius 3 is 1.80 bits per heavy atom. The van der Waals surface area contributed by atoms with Crippen molar-refractivity contribution in [2.45, 2.75) is 86.8 Å². The Kier molecular flexibility index (Phi) is 18.5. The topological polar surface area (TPSA) is 278 Å². The quantitative estimate of drug-likeness (QED) is 0.0188. The van der Waals surface area contributed by atoms with Gasteiger partial charge in [0.15, 0.2) is 17.3 Å². The number of ketones is 2. The Balaban J connectivity index is 1.42. The van der Waals surface area contributed by atoms with Crippen molar-refractivity contribution < 1.29 is 71.4 Å². The predicted molar refractivity (Wildman–Crippen MR) is 317 cm³/mol. The number of nitrogens with zero attached hydrogens (tertiary/aromatic N) is 3. The van der Waals surface area contributed by atoms with Gasteiger partial charge in [0.25, 0.3) is 30.4 Å². The average molecular weight is 1390 g/mol. The largest absolute Gasteiger partial charge is 0.481 e. The summed E-state index contributed by atoms with van der Waals surface area (Å²) < 4.78 is 135. The number of anilines is 1. The summed E-state index contributed by atoms with van der Waals surface area (Å²) in [6, 6.07) is 22.4. The molecule has 422 valence electrons. The monoisotopic (exact) mass is 1380 g/mol. The lowest BCUT2D eigenvalue weighted by molar-refractivity contribution is -0.437. The first-order valence-electron chi connectivity index (χ1n) is 24.8. The van der Waals surface area contributed by atoms with E-state index in [4.69, 9.17) is 5.11 Å². The molecule has 1 aliphatic carbocycles. The minimum absolute atomic E-state index is 0.0371. The molecule has 0 radical (unpaired) electrons. The second-order valence-electron chi connectivity index (χ2n) is 20.8. The number of aliphatic carboxylic acids is 1. The number of Topliss-reactive ketones (excluding diaryl/α,β-unsaturated/α-hetero) is 2. The number of rotatable bonds is 22. The van der Waals surface area contributed by atoms with Crippen LogP contribution in [0.1, 0.15) is 98.1 Å². The summed E-state index contributed by atoms with van der Waals surface area (Å²) in [4.78, 5) is 43.5. The van der Waals surface area contributed by atoms with E-state index in [2.05, 4.69) is 45.2 Å². The van der Waals surface area contributed by atoms with Crippen LogP contribution in [0.3, 0.4) is 0 Å². The third kappa shape index (κ3) is 13.9. The van der Waals surface area contributed by atoms with Crippen molar-refractivity contribution in [3.05, 3.63) is 162 Å². The fraction of sp³-hybridized carbons (Fsp3) is 0.345. The minimum atomic E-state index is -4.65. The molecular formula is C55H60I2N3O15S4+. The van der Waals surface area contributed by atoms with Crippen LogP contribution in [0.5, 0.6) is 0 Å². The normalized spacial score (nSPS) is 18.1. The van der Waals surface area contributed by atoms with Crippen LogP contribution in [0.15, 0.2) is 142 Å². The third-order valence-electron chi connectivity index (χ3n) is 14.5. The molecule has 0 aromatic heterocycles. The summed E-state index contributed by atoms with van der Waals surface area (Å²) in [6.45, 7) is 7.42. The van der Waals surface area contributed by atoms with Crippen molar-refractivity contribution in [3.63, 3.8) is 0 Å². The average Bonchev–Trinajstić information content (AvgIpc) is 3.98. The van der Waals surface area contributed by atoms with Crippen LogP contribution in [0.4, 0.5) is 11.4 Å². The van der Waals surface area contributed by atoms with Crippen LogP contribution in [0.25, 0.3) is 0 Å². The molecule has 0 amide bonds. The van der Waals surface area contributed by atoms with Gasteiger partial charge in [-0.2, -0.15) is 29.8 Å². The van der Waals surface area contributed by atoms with E-state index in [1.807, 2.05) is 38.3 Å². The van der Waals surface area contributed by atoms with Crippen LogP contribution in [-0.4, -0.2) is 123 Å². The molecule has 0 bridgehead atoms. The lowest BCUT2D eigenvalue weighted by Gasteiger charge is -2.35. The minimum Gasteiger partial charge on any atom is -0.481 e. The zero-order chi connectivity index (χ0) is 58.3. The van der Waals surface area contributed by atoms with Gasteiger partial charge in [-0.05, 0) is 162 Å². The number of benzene rings is 4. The second kappa shape index (κ2) is 23.6. The van der Waals surface area contributed by atoms with Gasteiger partial charge in [-0.1, -0.05) is 56.3 Å². The van der Waals surface area contributed by atoms with Gasteiger partial charge >= 0.3 is 5.97 Å². The molecule has 0 atom stereocenters. The fourth-order valence-electron chi connectivity index (χ4n) is 10.5. The molecule has 2 heterocycles. The Morgan fingerprint density at radius 1 is 0.684 bits per heavy atom. The molecule has 18 nitrogen and oxygen atoms in total. The van der Waals surface area contributed by atoms with E-state index < -0.39 is 85.7 Å². The molecule has 7 rings (SSSR count). The Labute approximate surface area is 488 Å². The molecule has 3 aliphatic rings. The summed E-state index contributed by atoms with van der Waals surface area (Å²) in [5, 5.41) is 9.17. The molecular weight excluding hydrogens is 1320 g/mol. The maximum absolute atomic E-state index is 15.5. The van der Waals surface area contributed by atoms with E-state index in [0.717, 1.165) is 11.4 Å². The fourth-order valence-corrected chi connectivity index (χ4v) is 14.0. The molecule has 24 heteroatoms. The van der Waals surface area contributed by atoms with Gasteiger partial charge in [0, 0.05) is 85.8 Å². The van der Waals surface area contributed by atoms with E-state index >= 15 is 9.59 Å². The van der Waals surface area contributed by atoms with E-state index in [0.29, 0.717) is 45.1 Å². The van der Waals surface area contributed by atoms with Gasteiger partial charge < -0.3 is 10.0 Å².